The highest BCUT2D eigenvalue weighted by Crippen LogP contribution is 2.24. The van der Waals surface area contributed by atoms with Crippen LogP contribution in [0.3, 0.4) is 0 Å². The molecule has 0 aliphatic carbocycles. The summed E-state index contributed by atoms with van der Waals surface area (Å²) >= 11 is 0. The van der Waals surface area contributed by atoms with E-state index in [1.54, 1.807) is 0 Å². The molecule has 8 heteroatoms. The molecule has 2 aliphatic heterocycles. The SMILES string of the molecule is CC(=O)NCCC(=O)N1CCC2(C1)NC(=O)NC2=O. The van der Waals surface area contributed by atoms with Crippen molar-refractivity contribution in [3.05, 3.63) is 0 Å². The molecule has 2 aliphatic rings. The summed E-state index contributed by atoms with van der Waals surface area (Å²) in [6, 6.07) is -0.516. The zero-order valence-corrected chi connectivity index (χ0v) is 10.6. The van der Waals surface area contributed by atoms with E-state index < -0.39 is 11.6 Å². The number of nitrogens with one attached hydrogen (secondary N) is 3. The molecule has 19 heavy (non-hydrogen) atoms. The minimum Gasteiger partial charge on any atom is -0.356 e. The number of urea groups is 1. The molecule has 0 aromatic rings. The standard InChI is InChI=1S/C11H16N4O4/c1-7(16)12-4-2-8(17)15-5-3-11(6-15)9(18)13-10(19)14-11/h2-6H2,1H3,(H,12,16)(H2,13,14,18,19). The summed E-state index contributed by atoms with van der Waals surface area (Å²) in [6.07, 6.45) is 0.599. The third-order valence-electron chi connectivity index (χ3n) is 3.35. The van der Waals surface area contributed by atoms with Gasteiger partial charge in [0, 0.05) is 26.4 Å². The van der Waals surface area contributed by atoms with E-state index in [4.69, 9.17) is 0 Å². The lowest BCUT2D eigenvalue weighted by atomic mass is 10.00. The summed E-state index contributed by atoms with van der Waals surface area (Å²) in [5.74, 6) is -0.706. The molecule has 2 heterocycles. The van der Waals surface area contributed by atoms with Gasteiger partial charge in [-0.05, 0) is 6.42 Å². The maximum atomic E-state index is 11.9. The lowest BCUT2D eigenvalue weighted by molar-refractivity contribution is -0.130. The van der Waals surface area contributed by atoms with Gasteiger partial charge >= 0.3 is 6.03 Å². The zero-order chi connectivity index (χ0) is 14.0. The number of hydrogen-bond donors (Lipinski definition) is 3. The largest absolute Gasteiger partial charge is 0.356 e. The Hall–Kier alpha value is -2.12. The Morgan fingerprint density at radius 3 is 2.74 bits per heavy atom. The fourth-order valence-electron chi connectivity index (χ4n) is 2.34. The van der Waals surface area contributed by atoms with Crippen LogP contribution >= 0.6 is 0 Å². The fourth-order valence-corrected chi connectivity index (χ4v) is 2.34. The Balaban J connectivity index is 1.88. The topological polar surface area (TPSA) is 108 Å². The highest BCUT2D eigenvalue weighted by Gasteiger charge is 2.51. The first kappa shape index (κ1) is 13.3. The highest BCUT2D eigenvalue weighted by atomic mass is 16.2. The Labute approximate surface area is 109 Å². The summed E-state index contributed by atoms with van der Waals surface area (Å²) in [6.45, 7) is 2.26. The minimum absolute atomic E-state index is 0.139. The maximum absolute atomic E-state index is 11.9. The average molecular weight is 268 g/mol. The van der Waals surface area contributed by atoms with Gasteiger partial charge in [-0.3, -0.25) is 19.7 Å². The normalized spacial score (nSPS) is 25.4. The molecule has 0 aromatic heterocycles. The fraction of sp³-hybridized carbons (Fsp3) is 0.636. The predicted molar refractivity (Wildman–Crippen MR) is 63.9 cm³/mol. The van der Waals surface area contributed by atoms with E-state index in [1.807, 2.05) is 0 Å². The van der Waals surface area contributed by atoms with Crippen LogP contribution in [0.25, 0.3) is 0 Å². The van der Waals surface area contributed by atoms with Gasteiger partial charge in [-0.15, -0.1) is 0 Å². The quantitative estimate of drug-likeness (QED) is 0.531. The summed E-state index contributed by atoms with van der Waals surface area (Å²) in [4.78, 5) is 46.9. The lowest BCUT2D eigenvalue weighted by Gasteiger charge is -2.21. The van der Waals surface area contributed by atoms with Gasteiger partial charge < -0.3 is 15.5 Å². The van der Waals surface area contributed by atoms with Crippen LogP contribution in [-0.2, 0) is 14.4 Å². The van der Waals surface area contributed by atoms with Gasteiger partial charge in [0.05, 0.1) is 6.54 Å². The van der Waals surface area contributed by atoms with Gasteiger partial charge in [-0.25, -0.2) is 4.79 Å². The Morgan fingerprint density at radius 2 is 2.16 bits per heavy atom. The average Bonchev–Trinajstić information content (AvgIpc) is 2.84. The highest BCUT2D eigenvalue weighted by molar-refractivity contribution is 6.07. The Morgan fingerprint density at radius 1 is 1.42 bits per heavy atom. The third-order valence-corrected chi connectivity index (χ3v) is 3.35. The third kappa shape index (κ3) is 2.67. The van der Waals surface area contributed by atoms with Crippen LogP contribution in [0.15, 0.2) is 0 Å². The van der Waals surface area contributed by atoms with Crippen molar-refractivity contribution in [1.82, 2.24) is 20.9 Å². The number of imide groups is 1. The van der Waals surface area contributed by atoms with Crippen molar-refractivity contribution in [3.63, 3.8) is 0 Å². The summed E-state index contributed by atoms with van der Waals surface area (Å²) in [5.41, 5.74) is -0.971. The van der Waals surface area contributed by atoms with Crippen molar-refractivity contribution in [2.75, 3.05) is 19.6 Å². The zero-order valence-electron chi connectivity index (χ0n) is 10.6. The maximum Gasteiger partial charge on any atom is 0.322 e. The first-order chi connectivity index (χ1) is 8.93. The van der Waals surface area contributed by atoms with Gasteiger partial charge in [-0.1, -0.05) is 0 Å². The molecule has 0 radical (unpaired) electrons. The van der Waals surface area contributed by atoms with Gasteiger partial charge in [-0.2, -0.15) is 0 Å². The van der Waals surface area contributed by atoms with Gasteiger partial charge in [0.1, 0.15) is 5.54 Å². The molecule has 1 spiro atoms. The van der Waals surface area contributed by atoms with Gasteiger partial charge in [0.15, 0.2) is 0 Å². The molecule has 0 saturated carbocycles. The second kappa shape index (κ2) is 4.87. The first-order valence-electron chi connectivity index (χ1n) is 6.09. The number of likely N-dealkylation sites (tertiary alicyclic amines) is 1. The van der Waals surface area contributed by atoms with E-state index in [0.29, 0.717) is 13.0 Å². The van der Waals surface area contributed by atoms with Crippen molar-refractivity contribution in [2.24, 2.45) is 0 Å². The molecular formula is C11H16N4O4. The monoisotopic (exact) mass is 268 g/mol. The van der Waals surface area contributed by atoms with Crippen molar-refractivity contribution in [3.8, 4) is 0 Å². The molecular weight excluding hydrogens is 252 g/mol. The van der Waals surface area contributed by atoms with Crippen LogP contribution < -0.4 is 16.0 Å². The second-order valence-electron chi connectivity index (χ2n) is 4.79. The summed E-state index contributed by atoms with van der Waals surface area (Å²) in [5, 5.41) is 7.30. The second-order valence-corrected chi connectivity index (χ2v) is 4.79. The molecule has 0 bridgehead atoms. The van der Waals surface area contributed by atoms with E-state index in [-0.39, 0.29) is 37.2 Å². The Kier molecular flexibility index (Phi) is 3.41. The van der Waals surface area contributed by atoms with Crippen LogP contribution in [0.4, 0.5) is 4.79 Å². The molecule has 1 atom stereocenters. The molecule has 5 amide bonds. The van der Waals surface area contributed by atoms with E-state index >= 15 is 0 Å². The number of carbonyl (C=O) groups is 4. The number of carbonyl (C=O) groups excluding carboxylic acids is 4. The number of amides is 5. The summed E-state index contributed by atoms with van der Waals surface area (Å²) in [7, 11) is 0. The molecule has 8 nitrogen and oxygen atoms in total. The van der Waals surface area contributed by atoms with E-state index in [9.17, 15) is 19.2 Å². The van der Waals surface area contributed by atoms with Crippen molar-refractivity contribution in [1.29, 1.82) is 0 Å². The van der Waals surface area contributed by atoms with Crippen molar-refractivity contribution < 1.29 is 19.2 Å². The van der Waals surface area contributed by atoms with Gasteiger partial charge in [0.25, 0.3) is 5.91 Å². The van der Waals surface area contributed by atoms with Crippen molar-refractivity contribution >= 4 is 23.8 Å². The van der Waals surface area contributed by atoms with Gasteiger partial charge in [0.2, 0.25) is 11.8 Å². The molecule has 2 rings (SSSR count). The van der Waals surface area contributed by atoms with Crippen molar-refractivity contribution in [2.45, 2.75) is 25.3 Å². The molecule has 2 saturated heterocycles. The smallest absolute Gasteiger partial charge is 0.322 e. The lowest BCUT2D eigenvalue weighted by Crippen LogP contribution is -2.49. The minimum atomic E-state index is -0.971. The van der Waals surface area contributed by atoms with E-state index in [1.165, 1.54) is 11.8 Å². The molecule has 1 unspecified atom stereocenters. The Bertz CT molecular complexity index is 450. The first-order valence-corrected chi connectivity index (χ1v) is 6.09. The number of rotatable bonds is 3. The molecule has 0 aromatic carbocycles. The van der Waals surface area contributed by atoms with Crippen LogP contribution in [-0.4, -0.2) is 53.8 Å². The van der Waals surface area contributed by atoms with Crippen LogP contribution in [0, 0.1) is 0 Å². The van der Waals surface area contributed by atoms with Crippen LogP contribution in [0.1, 0.15) is 19.8 Å². The van der Waals surface area contributed by atoms with Crippen LogP contribution in [0.5, 0.6) is 0 Å². The summed E-state index contributed by atoms with van der Waals surface area (Å²) < 4.78 is 0. The molecule has 2 fully saturated rings. The van der Waals surface area contributed by atoms with Crippen LogP contribution in [0.2, 0.25) is 0 Å². The number of nitrogens with zero attached hydrogens (tertiary/aromatic N) is 1. The molecule has 104 valence electrons. The number of hydrogen-bond acceptors (Lipinski definition) is 4. The predicted octanol–water partition coefficient (Wildman–Crippen LogP) is -1.68. The molecule has 3 N–H and O–H groups in total. The van der Waals surface area contributed by atoms with E-state index in [2.05, 4.69) is 16.0 Å². The van der Waals surface area contributed by atoms with E-state index in [0.717, 1.165) is 0 Å².